The highest BCUT2D eigenvalue weighted by Crippen LogP contribution is 2.31. The molecule has 36 heavy (non-hydrogen) atoms. The van der Waals surface area contributed by atoms with Gasteiger partial charge in [-0.3, -0.25) is 4.40 Å². The van der Waals surface area contributed by atoms with Crippen molar-refractivity contribution >= 4 is 17.6 Å². The zero-order chi connectivity index (χ0) is 25.8. The number of aliphatic hydroxyl groups excluding tert-OH is 1. The second-order valence-corrected chi connectivity index (χ2v) is 8.71. The third-order valence-electron chi connectivity index (χ3n) is 6.26. The van der Waals surface area contributed by atoms with Gasteiger partial charge in [-0.1, -0.05) is 61.9 Å². The van der Waals surface area contributed by atoms with Gasteiger partial charge in [-0.05, 0) is 61.1 Å². The lowest BCUT2D eigenvalue weighted by Crippen LogP contribution is -2.15. The summed E-state index contributed by atoms with van der Waals surface area (Å²) >= 11 is 0. The average molecular weight is 487 g/mol. The van der Waals surface area contributed by atoms with Crippen LogP contribution in [0, 0.1) is 6.92 Å². The van der Waals surface area contributed by atoms with Crippen LogP contribution in [0.4, 0.5) is 0 Å². The predicted molar refractivity (Wildman–Crippen MR) is 137 cm³/mol. The van der Waals surface area contributed by atoms with Gasteiger partial charge >= 0.3 is 11.9 Å². The highest BCUT2D eigenvalue weighted by Gasteiger charge is 2.26. The number of hydrogen-bond donors (Lipinski definition) is 2. The van der Waals surface area contributed by atoms with Crippen molar-refractivity contribution in [2.75, 3.05) is 6.61 Å². The molecule has 2 heterocycles. The predicted octanol–water partition coefficient (Wildman–Crippen LogP) is 5.61. The number of rotatable bonds is 9. The number of imidazole rings is 1. The minimum atomic E-state index is -1.20. The average Bonchev–Trinajstić information content (AvgIpc) is 3.28. The quantitative estimate of drug-likeness (QED) is 0.298. The molecule has 1 atom stereocenters. The van der Waals surface area contributed by atoms with E-state index in [1.54, 1.807) is 29.5 Å². The number of carboxylic acid groups (broad SMARTS) is 1. The molecule has 0 aliphatic carbocycles. The summed E-state index contributed by atoms with van der Waals surface area (Å²) < 4.78 is 7.01. The highest BCUT2D eigenvalue weighted by molar-refractivity contribution is 5.96. The van der Waals surface area contributed by atoms with Crippen molar-refractivity contribution in [1.29, 1.82) is 0 Å². The van der Waals surface area contributed by atoms with Crippen LogP contribution in [-0.2, 0) is 11.2 Å². The van der Waals surface area contributed by atoms with Crippen molar-refractivity contribution in [1.82, 2.24) is 9.38 Å². The zero-order valence-electron chi connectivity index (χ0n) is 20.7. The number of fused-ring (bicyclic) bond motifs is 1. The molecule has 2 N–H and O–H groups in total. The van der Waals surface area contributed by atoms with E-state index < -0.39 is 18.0 Å². The number of carboxylic acids is 1. The van der Waals surface area contributed by atoms with Gasteiger partial charge in [0, 0.05) is 0 Å². The molecule has 0 radical (unpaired) electrons. The third kappa shape index (κ3) is 4.75. The highest BCUT2D eigenvalue weighted by atomic mass is 16.5. The SMILES string of the molecule is CCCCc1nc2c(C)ccc(C(O)c3ccc(-c4ccccc4)c(C(=O)O)c3)n2c1C(=O)OCC. The number of unbranched alkanes of at least 4 members (excludes halogenated alkanes) is 1. The zero-order valence-corrected chi connectivity index (χ0v) is 20.7. The third-order valence-corrected chi connectivity index (χ3v) is 6.26. The van der Waals surface area contributed by atoms with Crippen LogP contribution in [0.2, 0.25) is 0 Å². The Bertz CT molecular complexity index is 1410. The largest absolute Gasteiger partial charge is 0.478 e. The Hall–Kier alpha value is -3.97. The summed E-state index contributed by atoms with van der Waals surface area (Å²) in [4.78, 5) is 29.9. The standard InChI is InChI=1S/C29H30N2O5/c1-4-6-12-23-25(29(35)36-5-2)31-24(16-13-18(3)27(31)30-23)26(32)20-14-15-21(22(17-20)28(33)34)19-10-8-7-9-11-19/h7-11,13-17,26,32H,4-6,12H2,1-3H3,(H,33,34). The molecule has 0 fully saturated rings. The first-order valence-corrected chi connectivity index (χ1v) is 12.2. The Kier molecular flexibility index (Phi) is 7.50. The Morgan fingerprint density at radius 2 is 1.81 bits per heavy atom. The molecule has 2 aromatic heterocycles. The maximum atomic E-state index is 13.0. The molecule has 186 valence electrons. The summed E-state index contributed by atoms with van der Waals surface area (Å²) in [7, 11) is 0. The van der Waals surface area contributed by atoms with Crippen molar-refractivity contribution in [3.05, 3.63) is 94.4 Å². The molecular weight excluding hydrogens is 456 g/mol. The minimum Gasteiger partial charge on any atom is -0.478 e. The molecule has 4 aromatic rings. The molecule has 0 aliphatic rings. The molecular formula is C29H30N2O5. The van der Waals surface area contributed by atoms with E-state index in [9.17, 15) is 19.8 Å². The Morgan fingerprint density at radius 3 is 2.47 bits per heavy atom. The summed E-state index contributed by atoms with van der Waals surface area (Å²) in [6.07, 6.45) is 1.21. The summed E-state index contributed by atoms with van der Waals surface area (Å²) in [5.74, 6) is -1.59. The first-order valence-electron chi connectivity index (χ1n) is 12.2. The summed E-state index contributed by atoms with van der Waals surface area (Å²) in [5, 5.41) is 21.4. The Labute approximate surface area is 210 Å². The maximum absolute atomic E-state index is 13.0. The number of carbonyl (C=O) groups excluding carboxylic acids is 1. The molecule has 7 nitrogen and oxygen atoms in total. The van der Waals surface area contributed by atoms with E-state index in [4.69, 9.17) is 9.72 Å². The van der Waals surface area contributed by atoms with Gasteiger partial charge < -0.3 is 14.9 Å². The fourth-order valence-corrected chi connectivity index (χ4v) is 4.43. The lowest BCUT2D eigenvalue weighted by Gasteiger charge is -2.18. The number of ether oxygens (including phenoxy) is 1. The fourth-order valence-electron chi connectivity index (χ4n) is 4.43. The van der Waals surface area contributed by atoms with E-state index >= 15 is 0 Å². The van der Waals surface area contributed by atoms with Gasteiger partial charge in [0.25, 0.3) is 0 Å². The smallest absolute Gasteiger partial charge is 0.357 e. The van der Waals surface area contributed by atoms with Crippen molar-refractivity contribution < 1.29 is 24.5 Å². The number of esters is 1. The van der Waals surface area contributed by atoms with Crippen LogP contribution >= 0.6 is 0 Å². The maximum Gasteiger partial charge on any atom is 0.357 e. The normalized spacial score (nSPS) is 12.0. The van der Waals surface area contributed by atoms with Crippen molar-refractivity contribution in [2.45, 2.75) is 46.1 Å². The number of aromatic nitrogens is 2. The molecule has 2 aromatic carbocycles. The molecule has 0 bridgehead atoms. The molecule has 0 aliphatic heterocycles. The van der Waals surface area contributed by atoms with Crippen molar-refractivity contribution in [2.24, 2.45) is 0 Å². The summed E-state index contributed by atoms with van der Waals surface area (Å²) in [6, 6.07) is 17.7. The second kappa shape index (κ2) is 10.7. The number of benzene rings is 2. The monoisotopic (exact) mass is 486 g/mol. The van der Waals surface area contributed by atoms with Gasteiger partial charge in [0.2, 0.25) is 0 Å². The summed E-state index contributed by atoms with van der Waals surface area (Å²) in [5.41, 5.74) is 4.58. The van der Waals surface area contributed by atoms with Crippen LogP contribution in [0.25, 0.3) is 16.8 Å². The van der Waals surface area contributed by atoms with Crippen molar-refractivity contribution in [3.63, 3.8) is 0 Å². The Balaban J connectivity index is 1.88. The van der Waals surface area contributed by atoms with Crippen LogP contribution in [0.1, 0.15) is 76.2 Å². The Morgan fingerprint density at radius 1 is 1.06 bits per heavy atom. The van der Waals surface area contributed by atoms with E-state index in [-0.39, 0.29) is 12.2 Å². The fraction of sp³-hybridized carbons (Fsp3) is 0.276. The number of aliphatic hydroxyl groups is 1. The lowest BCUT2D eigenvalue weighted by atomic mass is 9.94. The second-order valence-electron chi connectivity index (χ2n) is 8.71. The van der Waals surface area contributed by atoms with Gasteiger partial charge in [0.05, 0.1) is 23.6 Å². The molecule has 0 spiro atoms. The van der Waals surface area contributed by atoms with Crippen LogP contribution in [0.3, 0.4) is 0 Å². The van der Waals surface area contributed by atoms with Gasteiger partial charge in [0.15, 0.2) is 5.69 Å². The van der Waals surface area contributed by atoms with Crippen LogP contribution in [-0.4, -0.2) is 38.1 Å². The van der Waals surface area contributed by atoms with Crippen LogP contribution in [0.15, 0.2) is 60.7 Å². The van der Waals surface area contributed by atoms with E-state index in [0.717, 1.165) is 24.0 Å². The minimum absolute atomic E-state index is 0.0842. The van der Waals surface area contributed by atoms with Gasteiger partial charge in [0.1, 0.15) is 11.8 Å². The molecule has 0 saturated carbocycles. The van der Waals surface area contributed by atoms with Gasteiger partial charge in [-0.25, -0.2) is 14.6 Å². The first kappa shape index (κ1) is 25.1. The number of aryl methyl sites for hydroxylation is 2. The number of carbonyl (C=O) groups is 2. The van der Waals surface area contributed by atoms with E-state index in [1.807, 2.05) is 43.3 Å². The van der Waals surface area contributed by atoms with E-state index in [0.29, 0.717) is 40.3 Å². The first-order chi connectivity index (χ1) is 17.4. The molecule has 4 rings (SSSR count). The van der Waals surface area contributed by atoms with Gasteiger partial charge in [-0.2, -0.15) is 0 Å². The number of pyridine rings is 1. The summed E-state index contributed by atoms with van der Waals surface area (Å²) in [6.45, 7) is 5.93. The lowest BCUT2D eigenvalue weighted by molar-refractivity contribution is 0.0515. The van der Waals surface area contributed by atoms with Crippen LogP contribution < -0.4 is 0 Å². The topological polar surface area (TPSA) is 101 Å². The number of nitrogens with zero attached hydrogens (tertiary/aromatic N) is 2. The number of aromatic carboxylic acids is 1. The van der Waals surface area contributed by atoms with E-state index in [1.165, 1.54) is 6.07 Å². The molecule has 0 amide bonds. The number of hydrogen-bond acceptors (Lipinski definition) is 5. The van der Waals surface area contributed by atoms with Crippen molar-refractivity contribution in [3.8, 4) is 11.1 Å². The van der Waals surface area contributed by atoms with Gasteiger partial charge in [-0.15, -0.1) is 0 Å². The van der Waals surface area contributed by atoms with Crippen LogP contribution in [0.5, 0.6) is 0 Å². The molecule has 1 unspecified atom stereocenters. The molecule has 0 saturated heterocycles. The van der Waals surface area contributed by atoms with E-state index in [2.05, 4.69) is 6.92 Å². The molecule has 7 heteroatoms.